The van der Waals surface area contributed by atoms with Crippen LogP contribution in [0.5, 0.6) is 0 Å². The lowest BCUT2D eigenvalue weighted by Gasteiger charge is -2.12. The van der Waals surface area contributed by atoms with Crippen LogP contribution in [0.3, 0.4) is 0 Å². The number of nitrogens with one attached hydrogen (secondary N) is 1. The SMILES string of the molecule is CCOC(=O)c1c(NC(=O)COC(=O)CCc2nc3ccccc3s2)sc2c1CCCC2. The number of aromatic nitrogens is 1. The van der Waals surface area contributed by atoms with Crippen molar-refractivity contribution in [2.75, 3.05) is 18.5 Å². The maximum Gasteiger partial charge on any atom is 0.341 e. The summed E-state index contributed by atoms with van der Waals surface area (Å²) in [5, 5.41) is 4.08. The summed E-state index contributed by atoms with van der Waals surface area (Å²) >= 11 is 2.95. The molecule has 1 amide bonds. The third-order valence-corrected chi connectivity index (χ3v) is 7.45. The highest BCUT2D eigenvalue weighted by Gasteiger charge is 2.27. The van der Waals surface area contributed by atoms with Crippen LogP contribution in [0.4, 0.5) is 5.00 Å². The van der Waals surface area contributed by atoms with Crippen molar-refractivity contribution in [3.63, 3.8) is 0 Å². The number of rotatable bonds is 8. The van der Waals surface area contributed by atoms with Crippen LogP contribution >= 0.6 is 22.7 Å². The first kappa shape index (κ1) is 22.4. The van der Waals surface area contributed by atoms with Crippen molar-refractivity contribution in [1.82, 2.24) is 4.98 Å². The van der Waals surface area contributed by atoms with Crippen molar-refractivity contribution in [3.8, 4) is 0 Å². The van der Waals surface area contributed by atoms with Crippen LogP contribution in [0.2, 0.25) is 0 Å². The van der Waals surface area contributed by atoms with Gasteiger partial charge in [-0.2, -0.15) is 0 Å². The van der Waals surface area contributed by atoms with Crippen LogP contribution < -0.4 is 5.32 Å². The molecule has 32 heavy (non-hydrogen) atoms. The fraction of sp³-hybridized carbons (Fsp3) is 0.391. The number of thiophene rings is 1. The lowest BCUT2D eigenvalue weighted by atomic mass is 9.95. The summed E-state index contributed by atoms with van der Waals surface area (Å²) < 4.78 is 11.4. The van der Waals surface area contributed by atoms with Gasteiger partial charge < -0.3 is 14.8 Å². The Labute approximate surface area is 193 Å². The zero-order valence-electron chi connectivity index (χ0n) is 17.8. The summed E-state index contributed by atoms with van der Waals surface area (Å²) in [6, 6.07) is 7.81. The van der Waals surface area contributed by atoms with Crippen LogP contribution in [0, 0.1) is 0 Å². The third-order valence-electron chi connectivity index (χ3n) is 5.15. The molecule has 3 aromatic rings. The van der Waals surface area contributed by atoms with E-state index >= 15 is 0 Å². The normalized spacial score (nSPS) is 12.9. The third kappa shape index (κ3) is 5.16. The smallest absolute Gasteiger partial charge is 0.341 e. The number of ether oxygens (including phenoxy) is 2. The molecule has 0 aliphatic heterocycles. The summed E-state index contributed by atoms with van der Waals surface area (Å²) in [5.74, 6) is -1.35. The van der Waals surface area contributed by atoms with Crippen molar-refractivity contribution in [3.05, 3.63) is 45.3 Å². The molecule has 0 atom stereocenters. The fourth-order valence-corrected chi connectivity index (χ4v) is 5.95. The Morgan fingerprint density at radius 3 is 2.72 bits per heavy atom. The minimum atomic E-state index is -0.470. The lowest BCUT2D eigenvalue weighted by Crippen LogP contribution is -2.22. The quantitative estimate of drug-likeness (QED) is 0.484. The molecule has 0 spiro atoms. The van der Waals surface area contributed by atoms with Gasteiger partial charge in [-0.3, -0.25) is 9.59 Å². The van der Waals surface area contributed by atoms with Crippen LogP contribution in [-0.2, 0) is 38.3 Å². The summed E-state index contributed by atoms with van der Waals surface area (Å²) in [7, 11) is 0. The maximum absolute atomic E-state index is 12.5. The van der Waals surface area contributed by atoms with E-state index in [2.05, 4.69) is 10.3 Å². The number of nitrogens with zero attached hydrogens (tertiary/aromatic N) is 1. The van der Waals surface area contributed by atoms with Crippen LogP contribution in [0.1, 0.15) is 52.0 Å². The molecule has 168 valence electrons. The minimum Gasteiger partial charge on any atom is -0.462 e. The Morgan fingerprint density at radius 1 is 1.09 bits per heavy atom. The monoisotopic (exact) mass is 472 g/mol. The molecule has 1 aromatic carbocycles. The second kappa shape index (κ2) is 10.2. The number of hydrogen-bond donors (Lipinski definition) is 1. The molecule has 2 aromatic heterocycles. The highest BCUT2D eigenvalue weighted by atomic mass is 32.1. The van der Waals surface area contributed by atoms with Gasteiger partial charge in [0.25, 0.3) is 5.91 Å². The van der Waals surface area contributed by atoms with E-state index in [-0.39, 0.29) is 13.0 Å². The summed E-state index contributed by atoms with van der Waals surface area (Å²) in [6.07, 6.45) is 4.38. The topological polar surface area (TPSA) is 94.6 Å². The molecule has 7 nitrogen and oxygen atoms in total. The molecule has 0 saturated heterocycles. The summed E-state index contributed by atoms with van der Waals surface area (Å²) in [6.45, 7) is 1.62. The van der Waals surface area contributed by atoms with E-state index < -0.39 is 24.5 Å². The number of para-hydroxylation sites is 1. The predicted molar refractivity (Wildman–Crippen MR) is 124 cm³/mol. The van der Waals surface area contributed by atoms with Crippen molar-refractivity contribution < 1.29 is 23.9 Å². The van der Waals surface area contributed by atoms with E-state index in [1.54, 1.807) is 18.3 Å². The molecule has 1 aliphatic carbocycles. The molecule has 9 heteroatoms. The van der Waals surface area contributed by atoms with Gasteiger partial charge in [0.15, 0.2) is 6.61 Å². The van der Waals surface area contributed by atoms with Gasteiger partial charge in [0.1, 0.15) is 5.00 Å². The van der Waals surface area contributed by atoms with Crippen LogP contribution in [0.25, 0.3) is 10.2 Å². The molecule has 0 saturated carbocycles. The van der Waals surface area contributed by atoms with Gasteiger partial charge in [0, 0.05) is 11.3 Å². The number of amides is 1. The molecular weight excluding hydrogens is 448 g/mol. The Balaban J connectivity index is 1.32. The summed E-state index contributed by atoms with van der Waals surface area (Å²) in [5.41, 5.74) is 2.33. The van der Waals surface area contributed by atoms with E-state index in [1.807, 2.05) is 24.3 Å². The average Bonchev–Trinajstić information content (AvgIpc) is 3.37. The Morgan fingerprint density at radius 2 is 1.91 bits per heavy atom. The number of hydrogen-bond acceptors (Lipinski definition) is 8. The van der Waals surface area contributed by atoms with Crippen molar-refractivity contribution in [2.24, 2.45) is 0 Å². The first-order chi connectivity index (χ1) is 15.5. The van der Waals surface area contributed by atoms with E-state index in [0.717, 1.165) is 51.3 Å². The highest BCUT2D eigenvalue weighted by Crippen LogP contribution is 2.38. The molecule has 0 unspecified atom stereocenters. The number of carbonyl (C=O) groups is 3. The first-order valence-corrected chi connectivity index (χ1v) is 12.3. The largest absolute Gasteiger partial charge is 0.462 e. The second-order valence-electron chi connectivity index (χ2n) is 7.42. The Kier molecular flexibility index (Phi) is 7.16. The molecule has 0 radical (unpaired) electrons. The van der Waals surface area contributed by atoms with E-state index in [0.29, 0.717) is 17.0 Å². The average molecular weight is 473 g/mol. The second-order valence-corrected chi connectivity index (χ2v) is 9.64. The van der Waals surface area contributed by atoms with Gasteiger partial charge in [-0.1, -0.05) is 12.1 Å². The van der Waals surface area contributed by atoms with Gasteiger partial charge in [0.2, 0.25) is 0 Å². The van der Waals surface area contributed by atoms with Crippen LogP contribution in [-0.4, -0.2) is 36.0 Å². The zero-order valence-corrected chi connectivity index (χ0v) is 19.4. The number of benzene rings is 1. The fourth-order valence-electron chi connectivity index (χ4n) is 3.69. The van der Waals surface area contributed by atoms with Gasteiger partial charge in [-0.25, -0.2) is 9.78 Å². The molecule has 4 rings (SSSR count). The van der Waals surface area contributed by atoms with Crippen molar-refractivity contribution >= 4 is 55.7 Å². The van der Waals surface area contributed by atoms with Crippen molar-refractivity contribution in [1.29, 1.82) is 0 Å². The number of esters is 2. The molecule has 2 heterocycles. The van der Waals surface area contributed by atoms with Crippen LogP contribution in [0.15, 0.2) is 24.3 Å². The standard InChI is InChI=1S/C23H24N2O5S2/c1-2-29-23(28)21-14-7-3-5-9-16(14)32-22(21)25-18(26)13-30-20(27)12-11-19-24-15-8-4-6-10-17(15)31-19/h4,6,8,10H,2-3,5,7,9,11-13H2,1H3,(H,25,26). The Bertz CT molecular complexity index is 1120. The number of anilines is 1. The molecule has 1 aliphatic rings. The van der Waals surface area contributed by atoms with Gasteiger partial charge >= 0.3 is 11.9 Å². The molecule has 0 bridgehead atoms. The van der Waals surface area contributed by atoms with Gasteiger partial charge in [0.05, 0.1) is 33.8 Å². The first-order valence-electron chi connectivity index (χ1n) is 10.7. The maximum atomic E-state index is 12.5. The van der Waals surface area contributed by atoms with E-state index in [1.165, 1.54) is 11.3 Å². The lowest BCUT2D eigenvalue weighted by molar-refractivity contribution is -0.147. The zero-order chi connectivity index (χ0) is 22.5. The summed E-state index contributed by atoms with van der Waals surface area (Å²) in [4.78, 5) is 42.6. The number of carbonyl (C=O) groups excluding carboxylic acids is 3. The molecular formula is C23H24N2O5S2. The molecule has 0 fully saturated rings. The Hall–Kier alpha value is -2.78. The highest BCUT2D eigenvalue weighted by molar-refractivity contribution is 7.18. The number of fused-ring (bicyclic) bond motifs is 2. The molecule has 1 N–H and O–H groups in total. The van der Waals surface area contributed by atoms with Gasteiger partial charge in [-0.05, 0) is 50.3 Å². The van der Waals surface area contributed by atoms with E-state index in [4.69, 9.17) is 9.47 Å². The predicted octanol–water partition coefficient (Wildman–Crippen LogP) is 4.53. The van der Waals surface area contributed by atoms with E-state index in [9.17, 15) is 14.4 Å². The van der Waals surface area contributed by atoms with Gasteiger partial charge in [-0.15, -0.1) is 22.7 Å². The van der Waals surface area contributed by atoms with Crippen molar-refractivity contribution in [2.45, 2.75) is 45.4 Å². The number of thiazole rings is 1. The minimum absolute atomic E-state index is 0.147. The number of aryl methyl sites for hydroxylation is 2.